The Morgan fingerprint density at radius 1 is 1.19 bits per heavy atom. The van der Waals surface area contributed by atoms with E-state index in [9.17, 15) is 8.42 Å². The monoisotopic (exact) mass is 404 g/mol. The van der Waals surface area contributed by atoms with E-state index in [2.05, 4.69) is 10.3 Å². The summed E-state index contributed by atoms with van der Waals surface area (Å²) in [7, 11) is -3.86. The van der Waals surface area contributed by atoms with Gasteiger partial charge in [-0.1, -0.05) is 36.2 Å². The lowest BCUT2D eigenvalue weighted by Crippen LogP contribution is -2.15. The number of hydrogen-bond acceptors (Lipinski definition) is 5. The van der Waals surface area contributed by atoms with Gasteiger partial charge < -0.3 is 9.73 Å². The first-order chi connectivity index (χ1) is 12.8. The van der Waals surface area contributed by atoms with E-state index in [1.807, 2.05) is 45.0 Å². The molecule has 0 aliphatic heterocycles. The van der Waals surface area contributed by atoms with Crippen molar-refractivity contribution in [3.05, 3.63) is 59.1 Å². The average Bonchev–Trinajstić information content (AvgIpc) is 3.06. The van der Waals surface area contributed by atoms with Crippen LogP contribution >= 0.6 is 11.6 Å². The van der Waals surface area contributed by atoms with Gasteiger partial charge in [0, 0.05) is 16.6 Å². The minimum absolute atomic E-state index is 0.0301. The van der Waals surface area contributed by atoms with Crippen molar-refractivity contribution in [2.45, 2.75) is 43.2 Å². The fourth-order valence-electron chi connectivity index (χ4n) is 2.53. The molecule has 27 heavy (non-hydrogen) atoms. The molecule has 0 saturated carbocycles. The van der Waals surface area contributed by atoms with Crippen molar-refractivity contribution in [2.24, 2.45) is 0 Å². The van der Waals surface area contributed by atoms with Gasteiger partial charge in [-0.05, 0) is 56.7 Å². The van der Waals surface area contributed by atoms with Crippen LogP contribution in [0.15, 0.2) is 62.9 Å². The predicted octanol–water partition coefficient (Wildman–Crippen LogP) is 5.35. The van der Waals surface area contributed by atoms with E-state index in [4.69, 9.17) is 16.0 Å². The van der Waals surface area contributed by atoms with E-state index < -0.39 is 9.84 Å². The van der Waals surface area contributed by atoms with Crippen molar-refractivity contribution in [1.82, 2.24) is 4.98 Å². The molecular formula is C20H21ClN2O3S. The largest absolute Gasteiger partial charge is 0.419 e. The highest BCUT2D eigenvalue weighted by Gasteiger charge is 2.29. The van der Waals surface area contributed by atoms with Crippen LogP contribution in [-0.4, -0.2) is 19.4 Å². The maximum Gasteiger partial charge on any atom is 0.234 e. The molecular weight excluding hydrogens is 384 g/mol. The highest BCUT2D eigenvalue weighted by molar-refractivity contribution is 7.91. The van der Waals surface area contributed by atoms with Crippen LogP contribution in [-0.2, 0) is 9.84 Å². The zero-order valence-electron chi connectivity index (χ0n) is 15.4. The predicted molar refractivity (Wildman–Crippen MR) is 107 cm³/mol. The summed E-state index contributed by atoms with van der Waals surface area (Å²) < 4.78 is 32.1. The fraction of sp³-hybridized carbons (Fsp3) is 0.250. The van der Waals surface area contributed by atoms with Crippen LogP contribution in [0.25, 0.3) is 11.5 Å². The van der Waals surface area contributed by atoms with E-state index in [0.717, 1.165) is 17.5 Å². The second-order valence-corrected chi connectivity index (χ2v) is 8.74. The van der Waals surface area contributed by atoms with E-state index in [0.29, 0.717) is 5.02 Å². The van der Waals surface area contributed by atoms with Crippen molar-refractivity contribution in [3.8, 4) is 11.5 Å². The Kier molecular flexibility index (Phi) is 5.58. The first-order valence-electron chi connectivity index (χ1n) is 8.66. The minimum atomic E-state index is -3.86. The molecule has 0 bridgehead atoms. The molecule has 1 unspecified atom stereocenters. The first kappa shape index (κ1) is 19.5. The molecule has 2 aromatic carbocycles. The van der Waals surface area contributed by atoms with Gasteiger partial charge in [-0.3, -0.25) is 0 Å². The van der Waals surface area contributed by atoms with Crippen molar-refractivity contribution < 1.29 is 12.8 Å². The third-order valence-electron chi connectivity index (χ3n) is 4.23. The van der Waals surface area contributed by atoms with Crippen molar-refractivity contribution >= 4 is 27.3 Å². The number of nitrogens with zero attached hydrogens (tertiary/aromatic N) is 1. The van der Waals surface area contributed by atoms with Gasteiger partial charge in [-0.25, -0.2) is 8.42 Å². The van der Waals surface area contributed by atoms with Gasteiger partial charge in [0.05, 0.1) is 4.90 Å². The molecule has 0 saturated heterocycles. The Morgan fingerprint density at radius 3 is 2.52 bits per heavy atom. The maximum atomic E-state index is 13.1. The summed E-state index contributed by atoms with van der Waals surface area (Å²) in [5, 5.41) is 3.46. The maximum absolute atomic E-state index is 13.1. The molecule has 1 aromatic heterocycles. The Labute approximate surface area is 164 Å². The van der Waals surface area contributed by atoms with Crippen LogP contribution in [0.3, 0.4) is 0 Å². The van der Waals surface area contributed by atoms with Crippen LogP contribution in [0.4, 0.5) is 5.88 Å². The number of nitrogens with one attached hydrogen (secondary N) is 1. The second-order valence-electron chi connectivity index (χ2n) is 6.43. The lowest BCUT2D eigenvalue weighted by Gasteiger charge is -2.11. The van der Waals surface area contributed by atoms with E-state index in [-0.39, 0.29) is 27.7 Å². The third-order valence-corrected chi connectivity index (χ3v) is 6.16. The van der Waals surface area contributed by atoms with Gasteiger partial charge >= 0.3 is 0 Å². The van der Waals surface area contributed by atoms with Crippen LogP contribution in [0, 0.1) is 6.92 Å². The number of anilines is 1. The van der Waals surface area contributed by atoms with Crippen molar-refractivity contribution in [2.75, 3.05) is 5.32 Å². The van der Waals surface area contributed by atoms with Gasteiger partial charge in [0.1, 0.15) is 0 Å². The summed E-state index contributed by atoms with van der Waals surface area (Å²) in [6.07, 6.45) is 0.806. The molecule has 0 aliphatic carbocycles. The van der Waals surface area contributed by atoms with Gasteiger partial charge in [-0.2, -0.15) is 4.98 Å². The quantitative estimate of drug-likeness (QED) is 0.599. The fourth-order valence-corrected chi connectivity index (χ4v) is 3.92. The molecule has 0 fully saturated rings. The topological polar surface area (TPSA) is 72.2 Å². The summed E-state index contributed by atoms with van der Waals surface area (Å²) >= 11 is 5.88. The number of sulfone groups is 1. The molecule has 1 heterocycles. The molecule has 0 aliphatic rings. The van der Waals surface area contributed by atoms with Gasteiger partial charge in [0.15, 0.2) is 0 Å². The van der Waals surface area contributed by atoms with Crippen LogP contribution in [0.2, 0.25) is 5.02 Å². The highest BCUT2D eigenvalue weighted by atomic mass is 35.5. The molecule has 0 radical (unpaired) electrons. The molecule has 1 atom stereocenters. The second kappa shape index (κ2) is 7.74. The number of rotatable bonds is 6. The summed E-state index contributed by atoms with van der Waals surface area (Å²) in [5.41, 5.74) is 1.75. The average molecular weight is 405 g/mol. The lowest BCUT2D eigenvalue weighted by atomic mass is 10.1. The Bertz CT molecular complexity index is 1040. The van der Waals surface area contributed by atoms with E-state index in [1.165, 1.54) is 24.3 Å². The number of aromatic nitrogens is 1. The van der Waals surface area contributed by atoms with Crippen molar-refractivity contribution in [1.29, 1.82) is 0 Å². The van der Waals surface area contributed by atoms with Crippen LogP contribution < -0.4 is 5.32 Å². The summed E-state index contributed by atoms with van der Waals surface area (Å²) in [6.45, 7) is 5.91. The smallest absolute Gasteiger partial charge is 0.234 e. The summed E-state index contributed by atoms with van der Waals surface area (Å²) in [5.74, 6) is 0.410. The first-order valence-corrected chi connectivity index (χ1v) is 10.5. The Hall–Kier alpha value is -2.31. The molecule has 1 N–H and O–H groups in total. The minimum Gasteiger partial charge on any atom is -0.419 e. The molecule has 142 valence electrons. The number of aryl methyl sites for hydroxylation is 1. The van der Waals surface area contributed by atoms with Crippen LogP contribution in [0.5, 0.6) is 0 Å². The molecule has 0 spiro atoms. The molecule has 3 rings (SSSR count). The summed E-state index contributed by atoms with van der Waals surface area (Å²) in [4.78, 5) is 4.44. The molecule has 7 heteroatoms. The Balaban J connectivity index is 2.13. The zero-order chi connectivity index (χ0) is 19.6. The zero-order valence-corrected chi connectivity index (χ0v) is 16.9. The van der Waals surface area contributed by atoms with Gasteiger partial charge in [-0.15, -0.1) is 0 Å². The number of halogens is 1. The van der Waals surface area contributed by atoms with E-state index in [1.54, 1.807) is 0 Å². The SMILES string of the molecule is CCC(C)Nc1oc(-c2cccc(C)c2)nc1S(=O)(=O)c1ccc(Cl)cc1. The lowest BCUT2D eigenvalue weighted by molar-refractivity contribution is 0.566. The van der Waals surface area contributed by atoms with E-state index >= 15 is 0 Å². The molecule has 0 amide bonds. The standard InChI is InChI=1S/C20H21ClN2O3S/c1-4-14(3)22-19-20(27(24,25)17-10-8-16(21)9-11-17)23-18(26-19)15-7-5-6-13(2)12-15/h5-12,14,22H,4H2,1-3H3. The third kappa shape index (κ3) is 4.17. The normalized spacial score (nSPS) is 12.7. The molecule has 3 aromatic rings. The number of hydrogen-bond donors (Lipinski definition) is 1. The molecule has 5 nitrogen and oxygen atoms in total. The summed E-state index contributed by atoms with van der Waals surface area (Å²) in [6, 6.07) is 13.6. The Morgan fingerprint density at radius 2 is 1.89 bits per heavy atom. The number of benzene rings is 2. The number of oxazole rings is 1. The van der Waals surface area contributed by atoms with Gasteiger partial charge in [0.2, 0.25) is 26.6 Å². The van der Waals surface area contributed by atoms with Crippen LogP contribution in [0.1, 0.15) is 25.8 Å². The highest BCUT2D eigenvalue weighted by Crippen LogP contribution is 2.33. The van der Waals surface area contributed by atoms with Gasteiger partial charge in [0.25, 0.3) is 0 Å². The van der Waals surface area contributed by atoms with Crippen molar-refractivity contribution in [3.63, 3.8) is 0 Å².